The van der Waals surface area contributed by atoms with Crippen molar-refractivity contribution in [3.05, 3.63) is 63.7 Å². The normalized spacial score (nSPS) is 17.7. The number of para-hydroxylation sites is 1. The molecule has 0 radical (unpaired) electrons. The lowest BCUT2D eigenvalue weighted by Gasteiger charge is -2.26. The van der Waals surface area contributed by atoms with E-state index in [-0.39, 0.29) is 34.2 Å². The van der Waals surface area contributed by atoms with Crippen LogP contribution in [0.5, 0.6) is 11.5 Å². The Kier molecular flexibility index (Phi) is 7.43. The number of rotatable bonds is 8. The number of aliphatic hydroxyl groups excluding tert-OH is 1. The Hall–Kier alpha value is -3.03. The summed E-state index contributed by atoms with van der Waals surface area (Å²) in [5, 5.41) is 11.6. The van der Waals surface area contributed by atoms with Gasteiger partial charge in [-0.25, -0.2) is 0 Å². The molecule has 170 valence electrons. The summed E-state index contributed by atoms with van der Waals surface area (Å²) in [7, 11) is 4.51. The number of aryl methyl sites for hydroxylation is 1. The van der Waals surface area contributed by atoms with Crippen molar-refractivity contribution in [2.24, 2.45) is 0 Å². The number of ketones is 1. The van der Waals surface area contributed by atoms with Crippen molar-refractivity contribution in [2.75, 3.05) is 34.5 Å². The standard InChI is InChI=1S/C24H26ClNO6/c1-14-12-16(23(32-4)17(25)13-14)21(27)19-20(15-8-5-6-9-18(15)31-3)26(10-7-11-30-2)24(29)22(19)28/h5-6,8-9,12-13,20,27H,7,10-11H2,1-4H3/b21-19+. The molecule has 2 aromatic carbocycles. The van der Waals surface area contributed by atoms with Crippen LogP contribution in [0, 0.1) is 6.92 Å². The summed E-state index contributed by atoms with van der Waals surface area (Å²) >= 11 is 6.31. The van der Waals surface area contributed by atoms with Gasteiger partial charge in [0.25, 0.3) is 11.7 Å². The van der Waals surface area contributed by atoms with Crippen LogP contribution in [0.15, 0.2) is 42.0 Å². The second-order valence-corrected chi connectivity index (χ2v) is 7.82. The fraction of sp³-hybridized carbons (Fsp3) is 0.333. The number of nitrogens with zero attached hydrogens (tertiary/aromatic N) is 1. The Morgan fingerprint density at radius 1 is 1.12 bits per heavy atom. The molecule has 1 aliphatic heterocycles. The summed E-state index contributed by atoms with van der Waals surface area (Å²) in [6.07, 6.45) is 0.523. The van der Waals surface area contributed by atoms with E-state index < -0.39 is 17.7 Å². The maximum atomic E-state index is 13.2. The fourth-order valence-corrected chi connectivity index (χ4v) is 4.31. The molecular formula is C24H26ClNO6. The van der Waals surface area contributed by atoms with Crippen LogP contribution in [0.4, 0.5) is 0 Å². The molecule has 1 atom stereocenters. The molecule has 0 aliphatic carbocycles. The Balaban J connectivity index is 2.26. The number of carbonyl (C=O) groups excluding carboxylic acids is 2. The lowest BCUT2D eigenvalue weighted by Crippen LogP contribution is -2.31. The molecule has 1 unspecified atom stereocenters. The zero-order valence-corrected chi connectivity index (χ0v) is 19.2. The molecule has 1 N–H and O–H groups in total. The van der Waals surface area contributed by atoms with E-state index in [0.29, 0.717) is 24.3 Å². The van der Waals surface area contributed by atoms with Crippen LogP contribution in [0.2, 0.25) is 5.02 Å². The molecule has 7 nitrogen and oxygen atoms in total. The molecule has 2 aromatic rings. The summed E-state index contributed by atoms with van der Waals surface area (Å²) in [5.41, 5.74) is 1.55. The monoisotopic (exact) mass is 459 g/mol. The number of halogens is 1. The molecule has 1 heterocycles. The molecule has 1 aliphatic rings. The smallest absolute Gasteiger partial charge is 0.295 e. The molecule has 0 spiro atoms. The minimum Gasteiger partial charge on any atom is -0.507 e. The van der Waals surface area contributed by atoms with Crippen LogP contribution in [0.25, 0.3) is 5.76 Å². The number of Topliss-reactive ketones (excluding diaryl/α,β-unsaturated/α-hetero) is 1. The molecule has 0 bridgehead atoms. The van der Waals surface area contributed by atoms with Gasteiger partial charge in [-0.3, -0.25) is 9.59 Å². The van der Waals surface area contributed by atoms with Crippen LogP contribution < -0.4 is 9.47 Å². The van der Waals surface area contributed by atoms with Gasteiger partial charge < -0.3 is 24.2 Å². The number of ether oxygens (including phenoxy) is 3. The average molecular weight is 460 g/mol. The van der Waals surface area contributed by atoms with E-state index in [1.54, 1.807) is 43.5 Å². The number of hydrogen-bond acceptors (Lipinski definition) is 6. The van der Waals surface area contributed by atoms with Gasteiger partial charge in [0.1, 0.15) is 17.3 Å². The highest BCUT2D eigenvalue weighted by Crippen LogP contribution is 2.44. The molecule has 8 heteroatoms. The Morgan fingerprint density at radius 2 is 1.84 bits per heavy atom. The number of carbonyl (C=O) groups is 2. The first-order valence-electron chi connectivity index (χ1n) is 10.1. The molecule has 0 aromatic heterocycles. The van der Waals surface area contributed by atoms with Gasteiger partial charge in [0, 0.05) is 25.8 Å². The highest BCUT2D eigenvalue weighted by molar-refractivity contribution is 6.46. The molecule has 1 saturated heterocycles. The number of likely N-dealkylation sites (tertiary alicyclic amines) is 1. The Bertz CT molecular complexity index is 1060. The van der Waals surface area contributed by atoms with E-state index in [9.17, 15) is 14.7 Å². The number of aliphatic hydroxyl groups is 1. The first kappa shape index (κ1) is 23.6. The highest BCUT2D eigenvalue weighted by atomic mass is 35.5. The predicted molar refractivity (Wildman–Crippen MR) is 121 cm³/mol. The second kappa shape index (κ2) is 10.1. The van der Waals surface area contributed by atoms with Gasteiger partial charge in [0.05, 0.1) is 36.4 Å². The van der Waals surface area contributed by atoms with Crippen molar-refractivity contribution in [1.29, 1.82) is 0 Å². The highest BCUT2D eigenvalue weighted by Gasteiger charge is 2.47. The van der Waals surface area contributed by atoms with Crippen LogP contribution >= 0.6 is 11.6 Å². The van der Waals surface area contributed by atoms with Crippen LogP contribution in [0.1, 0.15) is 29.2 Å². The Morgan fingerprint density at radius 3 is 2.50 bits per heavy atom. The van der Waals surface area contributed by atoms with Gasteiger partial charge in [0.2, 0.25) is 0 Å². The van der Waals surface area contributed by atoms with Crippen LogP contribution in [-0.4, -0.2) is 56.2 Å². The summed E-state index contributed by atoms with van der Waals surface area (Å²) in [6, 6.07) is 9.61. The first-order valence-corrected chi connectivity index (χ1v) is 10.5. The van der Waals surface area contributed by atoms with Crippen molar-refractivity contribution in [1.82, 2.24) is 4.90 Å². The molecule has 0 saturated carbocycles. The molecule has 3 rings (SSSR count). The van der Waals surface area contributed by atoms with Gasteiger partial charge in [-0.1, -0.05) is 29.8 Å². The number of methoxy groups -OCH3 is 3. The van der Waals surface area contributed by atoms with E-state index in [1.165, 1.54) is 19.1 Å². The minimum atomic E-state index is -0.841. The van der Waals surface area contributed by atoms with Crippen LogP contribution in [-0.2, 0) is 14.3 Å². The third-order valence-corrected chi connectivity index (χ3v) is 5.65. The average Bonchev–Trinajstić information content (AvgIpc) is 3.03. The predicted octanol–water partition coefficient (Wildman–Crippen LogP) is 4.12. The van der Waals surface area contributed by atoms with Crippen molar-refractivity contribution in [2.45, 2.75) is 19.4 Å². The maximum Gasteiger partial charge on any atom is 0.295 e. The van der Waals surface area contributed by atoms with Gasteiger partial charge in [-0.15, -0.1) is 0 Å². The summed E-state index contributed by atoms with van der Waals surface area (Å²) in [4.78, 5) is 27.6. The second-order valence-electron chi connectivity index (χ2n) is 7.41. The zero-order chi connectivity index (χ0) is 23.4. The quantitative estimate of drug-likeness (QED) is 0.276. The van der Waals surface area contributed by atoms with Crippen molar-refractivity contribution in [3.63, 3.8) is 0 Å². The third kappa shape index (κ3) is 4.31. The molecule has 1 amide bonds. The summed E-state index contributed by atoms with van der Waals surface area (Å²) in [5.74, 6) is -1.11. The molecule has 1 fully saturated rings. The van der Waals surface area contributed by atoms with E-state index >= 15 is 0 Å². The topological polar surface area (TPSA) is 85.3 Å². The first-order chi connectivity index (χ1) is 15.3. The molecule has 32 heavy (non-hydrogen) atoms. The van der Waals surface area contributed by atoms with Crippen molar-refractivity contribution < 1.29 is 28.9 Å². The molecular weight excluding hydrogens is 434 g/mol. The lowest BCUT2D eigenvalue weighted by atomic mass is 9.94. The maximum absolute atomic E-state index is 13.2. The zero-order valence-electron chi connectivity index (χ0n) is 18.5. The van der Waals surface area contributed by atoms with E-state index in [1.807, 2.05) is 6.92 Å². The summed E-state index contributed by atoms with van der Waals surface area (Å²) < 4.78 is 16.0. The van der Waals surface area contributed by atoms with Gasteiger partial charge in [-0.2, -0.15) is 0 Å². The van der Waals surface area contributed by atoms with Crippen molar-refractivity contribution >= 4 is 29.1 Å². The third-order valence-electron chi connectivity index (χ3n) is 5.37. The fourth-order valence-electron chi connectivity index (χ4n) is 3.96. The van der Waals surface area contributed by atoms with E-state index in [4.69, 9.17) is 25.8 Å². The number of amides is 1. The minimum absolute atomic E-state index is 0.0446. The van der Waals surface area contributed by atoms with E-state index in [0.717, 1.165) is 5.56 Å². The number of hydrogen-bond donors (Lipinski definition) is 1. The van der Waals surface area contributed by atoms with Gasteiger partial charge >= 0.3 is 0 Å². The van der Waals surface area contributed by atoms with Gasteiger partial charge in [-0.05, 0) is 37.1 Å². The number of benzene rings is 2. The Labute approximate surface area is 192 Å². The SMILES string of the molecule is COCCCN1C(=O)C(=O)/C(=C(/O)c2cc(C)cc(Cl)c2OC)C1c1ccccc1OC. The van der Waals surface area contributed by atoms with Crippen LogP contribution in [0.3, 0.4) is 0 Å². The summed E-state index contributed by atoms with van der Waals surface area (Å²) in [6.45, 7) is 2.50. The largest absolute Gasteiger partial charge is 0.507 e. The van der Waals surface area contributed by atoms with Gasteiger partial charge in [0.15, 0.2) is 0 Å². The van der Waals surface area contributed by atoms with E-state index in [2.05, 4.69) is 0 Å². The lowest BCUT2D eigenvalue weighted by molar-refractivity contribution is -0.140. The van der Waals surface area contributed by atoms with Crippen molar-refractivity contribution in [3.8, 4) is 11.5 Å².